The molecule has 3 aromatic rings. The monoisotopic (exact) mass is 393 g/mol. The first-order chi connectivity index (χ1) is 14.1. The number of hydrogen-bond donors (Lipinski definition) is 2. The van der Waals surface area contributed by atoms with Gasteiger partial charge in [0, 0.05) is 36.2 Å². The van der Waals surface area contributed by atoms with Crippen LogP contribution in [0.25, 0.3) is 10.9 Å². The lowest BCUT2D eigenvalue weighted by Crippen LogP contribution is -2.37. The summed E-state index contributed by atoms with van der Waals surface area (Å²) >= 11 is 0. The standard InChI is InChI=1S/C24H28FN3O/c1-17-6-4-5-11-28(17)16-19-8-3-2-7-18(19)14-27-24(29)12-20-15-26-23-10-9-21(25)13-22(20)23/h2-3,7-10,13,15,17,26H,4-6,11-12,14,16H2,1H3,(H,27,29). The number of fused-ring (bicyclic) bond motifs is 1. The highest BCUT2D eigenvalue weighted by Gasteiger charge is 2.19. The van der Waals surface area contributed by atoms with Crippen LogP contribution in [-0.2, 0) is 24.3 Å². The zero-order chi connectivity index (χ0) is 20.2. The number of hydrogen-bond acceptors (Lipinski definition) is 2. The van der Waals surface area contributed by atoms with Gasteiger partial charge >= 0.3 is 0 Å². The molecule has 2 N–H and O–H groups in total. The molecule has 1 aliphatic heterocycles. The van der Waals surface area contributed by atoms with Crippen LogP contribution < -0.4 is 5.32 Å². The third kappa shape index (κ3) is 4.67. The minimum atomic E-state index is -0.292. The average Bonchev–Trinajstić information content (AvgIpc) is 3.11. The Morgan fingerprint density at radius 2 is 2.00 bits per heavy atom. The zero-order valence-corrected chi connectivity index (χ0v) is 16.9. The topological polar surface area (TPSA) is 48.1 Å². The Morgan fingerprint density at radius 1 is 1.17 bits per heavy atom. The Labute approximate surface area is 171 Å². The van der Waals surface area contributed by atoms with E-state index in [1.54, 1.807) is 12.3 Å². The third-order valence-electron chi connectivity index (χ3n) is 5.99. The minimum Gasteiger partial charge on any atom is -0.361 e. The molecule has 5 heteroatoms. The van der Waals surface area contributed by atoms with Crippen LogP contribution in [-0.4, -0.2) is 28.4 Å². The summed E-state index contributed by atoms with van der Waals surface area (Å²) in [6, 6.07) is 13.5. The van der Waals surface area contributed by atoms with Crippen LogP contribution in [0.4, 0.5) is 4.39 Å². The summed E-state index contributed by atoms with van der Waals surface area (Å²) in [5.41, 5.74) is 4.09. The van der Waals surface area contributed by atoms with Gasteiger partial charge in [0.15, 0.2) is 0 Å². The molecule has 1 amide bonds. The maximum Gasteiger partial charge on any atom is 0.224 e. The lowest BCUT2D eigenvalue weighted by Gasteiger charge is -2.33. The van der Waals surface area contributed by atoms with E-state index >= 15 is 0 Å². The largest absolute Gasteiger partial charge is 0.361 e. The molecule has 29 heavy (non-hydrogen) atoms. The molecule has 2 heterocycles. The second-order valence-electron chi connectivity index (χ2n) is 8.04. The summed E-state index contributed by atoms with van der Waals surface area (Å²) in [5.74, 6) is -0.351. The van der Waals surface area contributed by atoms with Crippen molar-refractivity contribution in [3.63, 3.8) is 0 Å². The number of H-pyrrole nitrogens is 1. The van der Waals surface area contributed by atoms with E-state index < -0.39 is 0 Å². The molecule has 0 saturated carbocycles. The number of carbonyl (C=O) groups excluding carboxylic acids is 1. The maximum atomic E-state index is 13.5. The van der Waals surface area contributed by atoms with Gasteiger partial charge < -0.3 is 10.3 Å². The molecule has 1 fully saturated rings. The summed E-state index contributed by atoms with van der Waals surface area (Å²) < 4.78 is 13.5. The van der Waals surface area contributed by atoms with Crippen molar-refractivity contribution in [1.82, 2.24) is 15.2 Å². The molecule has 2 aromatic carbocycles. The number of halogens is 1. The first-order valence-corrected chi connectivity index (χ1v) is 10.4. The van der Waals surface area contributed by atoms with Gasteiger partial charge in [-0.2, -0.15) is 0 Å². The highest BCUT2D eigenvalue weighted by atomic mass is 19.1. The number of carbonyl (C=O) groups is 1. The van der Waals surface area contributed by atoms with Gasteiger partial charge in [-0.15, -0.1) is 0 Å². The van der Waals surface area contributed by atoms with Crippen molar-refractivity contribution in [2.24, 2.45) is 0 Å². The Balaban J connectivity index is 1.39. The number of likely N-dealkylation sites (tertiary alicyclic amines) is 1. The molecule has 0 aliphatic carbocycles. The number of aromatic nitrogens is 1. The molecule has 0 spiro atoms. The second-order valence-corrected chi connectivity index (χ2v) is 8.04. The van der Waals surface area contributed by atoms with E-state index in [0.717, 1.165) is 35.1 Å². The van der Waals surface area contributed by atoms with Gasteiger partial charge in [-0.25, -0.2) is 4.39 Å². The predicted octanol–water partition coefficient (Wildman–Crippen LogP) is 4.54. The van der Waals surface area contributed by atoms with Crippen LogP contribution >= 0.6 is 0 Å². The number of aromatic amines is 1. The summed E-state index contributed by atoms with van der Waals surface area (Å²) in [5, 5.41) is 3.80. The zero-order valence-electron chi connectivity index (χ0n) is 16.9. The van der Waals surface area contributed by atoms with Crippen molar-refractivity contribution < 1.29 is 9.18 Å². The Bertz CT molecular complexity index is 997. The number of piperidine rings is 1. The van der Waals surface area contributed by atoms with E-state index in [0.29, 0.717) is 12.6 Å². The van der Waals surface area contributed by atoms with Crippen molar-refractivity contribution in [3.05, 3.63) is 71.2 Å². The smallest absolute Gasteiger partial charge is 0.224 e. The number of nitrogens with one attached hydrogen (secondary N) is 2. The van der Waals surface area contributed by atoms with E-state index in [9.17, 15) is 9.18 Å². The highest BCUT2D eigenvalue weighted by Crippen LogP contribution is 2.22. The van der Waals surface area contributed by atoms with Crippen LogP contribution in [0.2, 0.25) is 0 Å². The fourth-order valence-corrected chi connectivity index (χ4v) is 4.22. The minimum absolute atomic E-state index is 0.0590. The molecule has 1 atom stereocenters. The number of benzene rings is 2. The molecule has 0 bridgehead atoms. The van der Waals surface area contributed by atoms with Crippen molar-refractivity contribution in [1.29, 1.82) is 0 Å². The summed E-state index contributed by atoms with van der Waals surface area (Å²) in [6.07, 6.45) is 5.84. The molecular weight excluding hydrogens is 365 g/mol. The van der Waals surface area contributed by atoms with Gasteiger partial charge in [0.25, 0.3) is 0 Å². The van der Waals surface area contributed by atoms with Crippen molar-refractivity contribution >= 4 is 16.8 Å². The molecule has 4 rings (SSSR count). The van der Waals surface area contributed by atoms with Crippen LogP contribution in [0.5, 0.6) is 0 Å². The molecule has 1 unspecified atom stereocenters. The second kappa shape index (κ2) is 8.78. The van der Waals surface area contributed by atoms with E-state index in [1.807, 2.05) is 6.07 Å². The van der Waals surface area contributed by atoms with Crippen molar-refractivity contribution in [3.8, 4) is 0 Å². The Hall–Kier alpha value is -2.66. The lowest BCUT2D eigenvalue weighted by molar-refractivity contribution is -0.120. The van der Waals surface area contributed by atoms with E-state index in [-0.39, 0.29) is 18.1 Å². The normalized spacial score (nSPS) is 17.5. The average molecular weight is 394 g/mol. The highest BCUT2D eigenvalue weighted by molar-refractivity contribution is 5.88. The fourth-order valence-electron chi connectivity index (χ4n) is 4.22. The molecule has 1 aromatic heterocycles. The SMILES string of the molecule is CC1CCCCN1Cc1ccccc1CNC(=O)Cc1c[nH]c2ccc(F)cc12. The Morgan fingerprint density at radius 3 is 2.83 bits per heavy atom. The quantitative estimate of drug-likeness (QED) is 0.646. The van der Waals surface area contributed by atoms with Gasteiger partial charge in [-0.1, -0.05) is 30.7 Å². The predicted molar refractivity (Wildman–Crippen MR) is 114 cm³/mol. The molecule has 1 aliphatic rings. The van der Waals surface area contributed by atoms with E-state index in [1.165, 1.54) is 37.0 Å². The molecule has 0 radical (unpaired) electrons. The number of nitrogens with zero attached hydrogens (tertiary/aromatic N) is 1. The number of amides is 1. The van der Waals surface area contributed by atoms with Crippen LogP contribution in [0.1, 0.15) is 42.9 Å². The first kappa shape index (κ1) is 19.6. The first-order valence-electron chi connectivity index (χ1n) is 10.4. The Kier molecular flexibility index (Phi) is 5.95. The summed E-state index contributed by atoms with van der Waals surface area (Å²) in [4.78, 5) is 18.2. The van der Waals surface area contributed by atoms with Crippen LogP contribution in [0, 0.1) is 5.82 Å². The molecule has 1 saturated heterocycles. The maximum absolute atomic E-state index is 13.5. The van der Waals surface area contributed by atoms with Gasteiger partial charge in [0.2, 0.25) is 5.91 Å². The summed E-state index contributed by atoms with van der Waals surface area (Å²) in [6.45, 7) is 4.87. The third-order valence-corrected chi connectivity index (χ3v) is 5.99. The van der Waals surface area contributed by atoms with E-state index in [4.69, 9.17) is 0 Å². The van der Waals surface area contributed by atoms with Crippen LogP contribution in [0.3, 0.4) is 0 Å². The van der Waals surface area contributed by atoms with E-state index in [2.05, 4.69) is 40.3 Å². The number of rotatable bonds is 6. The van der Waals surface area contributed by atoms with Gasteiger partial charge in [-0.05, 0) is 61.2 Å². The van der Waals surface area contributed by atoms with Gasteiger partial charge in [0.05, 0.1) is 6.42 Å². The van der Waals surface area contributed by atoms with Gasteiger partial charge in [-0.3, -0.25) is 9.69 Å². The van der Waals surface area contributed by atoms with Gasteiger partial charge in [0.1, 0.15) is 5.82 Å². The van der Waals surface area contributed by atoms with Crippen molar-refractivity contribution in [2.45, 2.75) is 51.7 Å². The summed E-state index contributed by atoms with van der Waals surface area (Å²) in [7, 11) is 0. The molecule has 4 nitrogen and oxygen atoms in total. The van der Waals surface area contributed by atoms with Crippen molar-refractivity contribution in [2.75, 3.05) is 6.54 Å². The molecular formula is C24H28FN3O. The molecule has 152 valence electrons. The lowest BCUT2D eigenvalue weighted by atomic mass is 10.0. The fraction of sp³-hybridized carbons (Fsp3) is 0.375. The van der Waals surface area contributed by atoms with Crippen LogP contribution in [0.15, 0.2) is 48.7 Å².